The van der Waals surface area contributed by atoms with E-state index in [4.69, 9.17) is 13.9 Å². The van der Waals surface area contributed by atoms with Crippen LogP contribution in [0.1, 0.15) is 35.6 Å². The molecule has 2 aromatic heterocycles. The molecule has 2 saturated heterocycles. The van der Waals surface area contributed by atoms with Crippen LogP contribution in [0.4, 0.5) is 4.39 Å². The van der Waals surface area contributed by atoms with Crippen LogP contribution in [0.2, 0.25) is 0 Å². The fraction of sp³-hybridized carbons (Fsp3) is 0.474. The van der Waals surface area contributed by atoms with Gasteiger partial charge in [0.2, 0.25) is 0 Å². The van der Waals surface area contributed by atoms with E-state index in [2.05, 4.69) is 4.98 Å². The molecule has 0 radical (unpaired) electrons. The fourth-order valence-corrected chi connectivity index (χ4v) is 3.76. The standard InChI is InChI=1S/C19H21FN2O4/c1-13-5-6-16(25-13)18(23)22-9-3-7-19(12-22)10-14(11-24-19)26-17-15(20)4-2-8-21-17/h2,4-6,8,14H,3,7,9-12H2,1H3/t14-,19-/m1/s1. The second-order valence-electron chi connectivity index (χ2n) is 6.97. The van der Waals surface area contributed by atoms with Gasteiger partial charge < -0.3 is 18.8 Å². The highest BCUT2D eigenvalue weighted by molar-refractivity contribution is 5.91. The third kappa shape index (κ3) is 3.31. The minimum absolute atomic E-state index is 0.00653. The normalized spacial score (nSPS) is 25.6. The number of carbonyl (C=O) groups excluding carboxylic acids is 1. The van der Waals surface area contributed by atoms with Gasteiger partial charge in [0, 0.05) is 19.2 Å². The topological polar surface area (TPSA) is 64.8 Å². The Bertz CT molecular complexity index is 808. The van der Waals surface area contributed by atoms with E-state index in [0.29, 0.717) is 37.6 Å². The number of aromatic nitrogens is 1. The molecule has 2 aromatic rings. The molecular formula is C19H21FN2O4. The molecule has 7 heteroatoms. The lowest BCUT2D eigenvalue weighted by molar-refractivity contribution is -0.0459. The molecule has 0 bridgehead atoms. The highest BCUT2D eigenvalue weighted by Gasteiger charge is 2.46. The Balaban J connectivity index is 1.42. The number of aryl methyl sites for hydroxylation is 1. The summed E-state index contributed by atoms with van der Waals surface area (Å²) >= 11 is 0. The van der Waals surface area contributed by atoms with E-state index in [-0.39, 0.29) is 17.9 Å². The molecular weight excluding hydrogens is 339 g/mol. The zero-order valence-electron chi connectivity index (χ0n) is 14.6. The van der Waals surface area contributed by atoms with Crippen molar-refractivity contribution >= 4 is 5.91 Å². The van der Waals surface area contributed by atoms with E-state index in [1.54, 1.807) is 17.0 Å². The Morgan fingerprint density at radius 3 is 3.08 bits per heavy atom. The van der Waals surface area contributed by atoms with E-state index >= 15 is 0 Å². The Kier molecular flexibility index (Phi) is 4.40. The van der Waals surface area contributed by atoms with Crippen LogP contribution in [0, 0.1) is 12.7 Å². The first kappa shape index (κ1) is 17.0. The molecule has 1 amide bonds. The van der Waals surface area contributed by atoms with Crippen LogP contribution < -0.4 is 4.74 Å². The molecule has 1 spiro atoms. The molecule has 0 aliphatic carbocycles. The molecule has 0 saturated carbocycles. The summed E-state index contributed by atoms with van der Waals surface area (Å²) < 4.78 is 30.9. The average molecular weight is 360 g/mol. The Hall–Kier alpha value is -2.41. The number of carbonyl (C=O) groups is 1. The molecule has 4 rings (SSSR count). The molecule has 0 N–H and O–H groups in total. The van der Waals surface area contributed by atoms with Crippen molar-refractivity contribution in [2.24, 2.45) is 0 Å². The van der Waals surface area contributed by atoms with Gasteiger partial charge in [-0.15, -0.1) is 0 Å². The van der Waals surface area contributed by atoms with Crippen LogP contribution >= 0.6 is 0 Å². The minimum atomic E-state index is -0.484. The van der Waals surface area contributed by atoms with Crippen molar-refractivity contribution in [2.75, 3.05) is 19.7 Å². The zero-order chi connectivity index (χ0) is 18.1. The predicted molar refractivity (Wildman–Crippen MR) is 90.5 cm³/mol. The van der Waals surface area contributed by atoms with E-state index in [0.717, 1.165) is 12.8 Å². The van der Waals surface area contributed by atoms with Crippen molar-refractivity contribution in [1.29, 1.82) is 0 Å². The first-order valence-corrected chi connectivity index (χ1v) is 8.82. The number of ether oxygens (including phenoxy) is 2. The van der Waals surface area contributed by atoms with Crippen molar-refractivity contribution in [1.82, 2.24) is 9.88 Å². The van der Waals surface area contributed by atoms with Gasteiger partial charge >= 0.3 is 0 Å². The number of amides is 1. The second kappa shape index (κ2) is 6.72. The third-order valence-electron chi connectivity index (χ3n) is 4.96. The van der Waals surface area contributed by atoms with Crippen molar-refractivity contribution in [3.05, 3.63) is 47.8 Å². The predicted octanol–water partition coefficient (Wildman–Crippen LogP) is 2.96. The number of hydrogen-bond donors (Lipinski definition) is 0. The van der Waals surface area contributed by atoms with Crippen molar-refractivity contribution in [2.45, 2.75) is 37.9 Å². The van der Waals surface area contributed by atoms with Gasteiger partial charge in [-0.25, -0.2) is 9.37 Å². The molecule has 2 aliphatic heterocycles. The first-order chi connectivity index (χ1) is 12.5. The Labute approximate surface area is 150 Å². The SMILES string of the molecule is Cc1ccc(C(=O)N2CCC[C@@]3(C[C@@H](Oc4ncccc4F)CO3)C2)o1. The maximum Gasteiger partial charge on any atom is 0.289 e. The lowest BCUT2D eigenvalue weighted by Gasteiger charge is -2.39. The fourth-order valence-electron chi connectivity index (χ4n) is 3.76. The largest absolute Gasteiger partial charge is 0.470 e. The first-order valence-electron chi connectivity index (χ1n) is 8.82. The Morgan fingerprint density at radius 2 is 2.31 bits per heavy atom. The molecule has 4 heterocycles. The molecule has 26 heavy (non-hydrogen) atoms. The highest BCUT2D eigenvalue weighted by atomic mass is 19.1. The van der Waals surface area contributed by atoms with E-state index in [1.165, 1.54) is 18.3 Å². The molecule has 0 aromatic carbocycles. The van der Waals surface area contributed by atoms with Crippen molar-refractivity contribution < 1.29 is 23.1 Å². The number of pyridine rings is 1. The van der Waals surface area contributed by atoms with Crippen molar-refractivity contribution in [3.8, 4) is 5.88 Å². The zero-order valence-corrected chi connectivity index (χ0v) is 14.6. The molecule has 2 atom stereocenters. The molecule has 2 fully saturated rings. The van der Waals surface area contributed by atoms with Gasteiger partial charge in [0.05, 0.1) is 18.8 Å². The third-order valence-corrected chi connectivity index (χ3v) is 4.96. The smallest absolute Gasteiger partial charge is 0.289 e. The summed E-state index contributed by atoms with van der Waals surface area (Å²) in [5.41, 5.74) is -0.453. The van der Waals surface area contributed by atoms with Gasteiger partial charge in [0.15, 0.2) is 11.6 Å². The summed E-state index contributed by atoms with van der Waals surface area (Å²) in [4.78, 5) is 18.4. The van der Waals surface area contributed by atoms with Crippen LogP contribution in [0.25, 0.3) is 0 Å². The summed E-state index contributed by atoms with van der Waals surface area (Å²) in [6.07, 6.45) is 3.51. The van der Waals surface area contributed by atoms with Gasteiger partial charge in [-0.3, -0.25) is 4.79 Å². The van der Waals surface area contributed by atoms with Gasteiger partial charge in [-0.05, 0) is 44.0 Å². The van der Waals surface area contributed by atoms with E-state index in [1.807, 2.05) is 6.92 Å². The van der Waals surface area contributed by atoms with Crippen LogP contribution in [0.15, 0.2) is 34.9 Å². The highest BCUT2D eigenvalue weighted by Crippen LogP contribution is 2.36. The summed E-state index contributed by atoms with van der Waals surface area (Å²) in [5.74, 6) is 0.444. The van der Waals surface area contributed by atoms with E-state index in [9.17, 15) is 9.18 Å². The number of piperidine rings is 1. The summed E-state index contributed by atoms with van der Waals surface area (Å²) in [6.45, 7) is 3.32. The van der Waals surface area contributed by atoms with Gasteiger partial charge in [0.25, 0.3) is 11.8 Å². The number of furan rings is 1. The van der Waals surface area contributed by atoms with Crippen LogP contribution in [-0.2, 0) is 4.74 Å². The molecule has 0 unspecified atom stereocenters. The maximum atomic E-state index is 13.7. The van der Waals surface area contributed by atoms with Crippen LogP contribution in [0.5, 0.6) is 5.88 Å². The van der Waals surface area contributed by atoms with Gasteiger partial charge in [-0.2, -0.15) is 0 Å². The van der Waals surface area contributed by atoms with E-state index < -0.39 is 11.4 Å². The molecule has 2 aliphatic rings. The van der Waals surface area contributed by atoms with Gasteiger partial charge in [-0.1, -0.05) is 0 Å². The minimum Gasteiger partial charge on any atom is -0.470 e. The molecule has 138 valence electrons. The quantitative estimate of drug-likeness (QED) is 0.842. The monoisotopic (exact) mass is 360 g/mol. The average Bonchev–Trinajstić information content (AvgIpc) is 3.23. The number of likely N-dealkylation sites (tertiary alicyclic amines) is 1. The number of nitrogens with zero attached hydrogens (tertiary/aromatic N) is 2. The van der Waals surface area contributed by atoms with Crippen LogP contribution in [-0.4, -0.2) is 47.2 Å². The number of rotatable bonds is 3. The van der Waals surface area contributed by atoms with Gasteiger partial charge in [0.1, 0.15) is 11.9 Å². The number of halogens is 1. The number of hydrogen-bond acceptors (Lipinski definition) is 5. The summed E-state index contributed by atoms with van der Waals surface area (Å²) in [6, 6.07) is 6.32. The molecule has 6 nitrogen and oxygen atoms in total. The van der Waals surface area contributed by atoms with Crippen LogP contribution in [0.3, 0.4) is 0 Å². The lowest BCUT2D eigenvalue weighted by atomic mass is 9.89. The second-order valence-corrected chi connectivity index (χ2v) is 6.97. The summed E-state index contributed by atoms with van der Waals surface area (Å²) in [7, 11) is 0. The Morgan fingerprint density at radius 1 is 1.42 bits per heavy atom. The maximum absolute atomic E-state index is 13.7. The summed E-state index contributed by atoms with van der Waals surface area (Å²) in [5, 5.41) is 0. The van der Waals surface area contributed by atoms with Crippen molar-refractivity contribution in [3.63, 3.8) is 0 Å². The lowest BCUT2D eigenvalue weighted by Crippen LogP contribution is -2.50.